The summed E-state index contributed by atoms with van der Waals surface area (Å²) in [6, 6.07) is 8.93. The predicted molar refractivity (Wildman–Crippen MR) is 108 cm³/mol. The first-order chi connectivity index (χ1) is 13.0. The molecule has 0 amide bonds. The van der Waals surface area contributed by atoms with Crippen LogP contribution < -0.4 is 5.32 Å². The lowest BCUT2D eigenvalue weighted by Gasteiger charge is -2.40. The van der Waals surface area contributed by atoms with Crippen LogP contribution in [-0.4, -0.2) is 41.3 Å². The van der Waals surface area contributed by atoms with E-state index in [1.807, 2.05) is 11.7 Å². The Morgan fingerprint density at radius 1 is 1.22 bits per heavy atom. The fourth-order valence-electron chi connectivity index (χ4n) is 5.28. The Morgan fingerprint density at radius 3 is 2.59 bits per heavy atom. The molecule has 2 aliphatic rings. The van der Waals surface area contributed by atoms with Gasteiger partial charge in [-0.25, -0.2) is 4.68 Å². The molecule has 146 valence electrons. The van der Waals surface area contributed by atoms with Crippen LogP contribution in [-0.2, 0) is 11.8 Å². The van der Waals surface area contributed by atoms with Gasteiger partial charge in [0.15, 0.2) is 0 Å². The van der Waals surface area contributed by atoms with Crippen molar-refractivity contribution in [3.8, 4) is 11.3 Å². The van der Waals surface area contributed by atoms with Crippen molar-refractivity contribution < 1.29 is 4.74 Å². The summed E-state index contributed by atoms with van der Waals surface area (Å²) in [4.78, 5) is 0. The third-order valence-electron chi connectivity index (χ3n) is 6.73. The first kappa shape index (κ1) is 18.6. The van der Waals surface area contributed by atoms with Crippen molar-refractivity contribution in [2.75, 3.05) is 26.3 Å². The number of rotatable bonds is 4. The van der Waals surface area contributed by atoms with Gasteiger partial charge in [0.1, 0.15) is 0 Å². The van der Waals surface area contributed by atoms with Crippen molar-refractivity contribution in [3.05, 3.63) is 35.5 Å². The largest absolute Gasteiger partial charge is 0.381 e. The Bertz CT molecular complexity index is 772. The second-order valence-electron chi connectivity index (χ2n) is 8.94. The number of aryl methyl sites for hydroxylation is 2. The van der Waals surface area contributed by atoms with E-state index in [0.717, 1.165) is 50.5 Å². The Hall–Kier alpha value is -1.72. The lowest BCUT2D eigenvalue weighted by molar-refractivity contribution is 0.0427. The molecule has 4 rings (SSSR count). The summed E-state index contributed by atoms with van der Waals surface area (Å²) < 4.78 is 7.63. The number of ether oxygens (including phenoxy) is 1. The van der Waals surface area contributed by atoms with E-state index in [4.69, 9.17) is 4.74 Å². The van der Waals surface area contributed by atoms with Crippen molar-refractivity contribution in [3.63, 3.8) is 0 Å². The number of nitrogens with zero attached hydrogens (tertiary/aromatic N) is 3. The standard InChI is InChI=1S/C22H32N4O/c1-15-21(26(4)25-24-15)18-8-6-5-7-17(18)20(16-9-11-27-12-10-16)19-13-23-14-22(19,2)3/h5-8,16,19-20,23H,9-14H2,1-4H3/t19-,20?/m0/s1. The molecular formula is C22H32N4O. The lowest BCUT2D eigenvalue weighted by atomic mass is 9.64. The smallest absolute Gasteiger partial charge is 0.0914 e. The van der Waals surface area contributed by atoms with Crippen LogP contribution in [0.25, 0.3) is 11.3 Å². The summed E-state index contributed by atoms with van der Waals surface area (Å²) in [7, 11) is 2.00. The van der Waals surface area contributed by atoms with Gasteiger partial charge in [-0.2, -0.15) is 0 Å². The molecule has 3 heterocycles. The maximum Gasteiger partial charge on any atom is 0.0914 e. The van der Waals surface area contributed by atoms with Crippen molar-refractivity contribution in [2.45, 2.75) is 39.5 Å². The second kappa shape index (κ2) is 7.36. The van der Waals surface area contributed by atoms with Crippen LogP contribution in [0.2, 0.25) is 0 Å². The predicted octanol–water partition coefficient (Wildman–Crippen LogP) is 3.55. The van der Waals surface area contributed by atoms with Crippen LogP contribution in [0.4, 0.5) is 0 Å². The number of aromatic nitrogens is 3. The zero-order valence-corrected chi connectivity index (χ0v) is 17.0. The van der Waals surface area contributed by atoms with E-state index in [9.17, 15) is 0 Å². The fraction of sp³-hybridized carbons (Fsp3) is 0.636. The van der Waals surface area contributed by atoms with Gasteiger partial charge in [-0.05, 0) is 55.0 Å². The molecule has 27 heavy (non-hydrogen) atoms. The molecule has 0 saturated carbocycles. The van der Waals surface area contributed by atoms with Crippen LogP contribution >= 0.6 is 0 Å². The first-order valence-corrected chi connectivity index (χ1v) is 10.2. The van der Waals surface area contributed by atoms with Crippen molar-refractivity contribution in [1.82, 2.24) is 20.3 Å². The van der Waals surface area contributed by atoms with Gasteiger partial charge in [-0.1, -0.05) is 43.3 Å². The molecule has 2 saturated heterocycles. The molecule has 0 aliphatic carbocycles. The van der Waals surface area contributed by atoms with Gasteiger partial charge in [0.25, 0.3) is 0 Å². The van der Waals surface area contributed by atoms with Crippen LogP contribution in [0.15, 0.2) is 24.3 Å². The zero-order chi connectivity index (χ0) is 19.0. The minimum Gasteiger partial charge on any atom is -0.381 e. The zero-order valence-electron chi connectivity index (χ0n) is 17.0. The van der Waals surface area contributed by atoms with Gasteiger partial charge in [0.2, 0.25) is 0 Å². The van der Waals surface area contributed by atoms with Crippen LogP contribution in [0.5, 0.6) is 0 Å². The quantitative estimate of drug-likeness (QED) is 0.897. The lowest BCUT2D eigenvalue weighted by Crippen LogP contribution is -2.35. The third-order valence-corrected chi connectivity index (χ3v) is 6.73. The van der Waals surface area contributed by atoms with Crippen LogP contribution in [0.1, 0.15) is 43.9 Å². The minimum absolute atomic E-state index is 0.288. The molecule has 0 radical (unpaired) electrons. The van der Waals surface area contributed by atoms with E-state index < -0.39 is 0 Å². The van der Waals surface area contributed by atoms with E-state index in [1.54, 1.807) is 0 Å². The Kier molecular flexibility index (Phi) is 5.08. The highest BCUT2D eigenvalue weighted by Gasteiger charge is 2.44. The van der Waals surface area contributed by atoms with E-state index in [2.05, 4.69) is 60.7 Å². The highest BCUT2D eigenvalue weighted by Crippen LogP contribution is 2.49. The number of nitrogens with one attached hydrogen (secondary N) is 1. The fourth-order valence-corrected chi connectivity index (χ4v) is 5.28. The Balaban J connectivity index is 1.84. The number of hydrogen-bond donors (Lipinski definition) is 1. The van der Waals surface area contributed by atoms with E-state index in [-0.39, 0.29) is 5.41 Å². The molecular weight excluding hydrogens is 336 g/mol. The van der Waals surface area contributed by atoms with E-state index in [1.165, 1.54) is 11.1 Å². The van der Waals surface area contributed by atoms with Gasteiger partial charge in [0.05, 0.1) is 11.4 Å². The normalized spacial score (nSPS) is 24.2. The maximum absolute atomic E-state index is 5.70. The summed E-state index contributed by atoms with van der Waals surface area (Å²) in [5.41, 5.74) is 5.18. The summed E-state index contributed by atoms with van der Waals surface area (Å²) in [5, 5.41) is 12.2. The molecule has 2 atom stereocenters. The summed E-state index contributed by atoms with van der Waals surface area (Å²) in [6.07, 6.45) is 2.29. The van der Waals surface area contributed by atoms with Gasteiger partial charge >= 0.3 is 0 Å². The van der Waals surface area contributed by atoms with Gasteiger partial charge < -0.3 is 10.1 Å². The molecule has 1 aromatic carbocycles. The first-order valence-electron chi connectivity index (χ1n) is 10.2. The number of hydrogen-bond acceptors (Lipinski definition) is 4. The summed E-state index contributed by atoms with van der Waals surface area (Å²) in [5.74, 6) is 1.79. The Labute approximate surface area is 162 Å². The molecule has 2 aliphatic heterocycles. The molecule has 2 aromatic rings. The van der Waals surface area contributed by atoms with Gasteiger partial charge in [0, 0.05) is 32.4 Å². The Morgan fingerprint density at radius 2 is 1.96 bits per heavy atom. The van der Waals surface area contributed by atoms with Crippen LogP contribution in [0.3, 0.4) is 0 Å². The van der Waals surface area contributed by atoms with Gasteiger partial charge in [-0.15, -0.1) is 5.10 Å². The topological polar surface area (TPSA) is 52.0 Å². The average molecular weight is 369 g/mol. The van der Waals surface area contributed by atoms with Crippen LogP contribution in [0, 0.1) is 24.2 Å². The average Bonchev–Trinajstić information content (AvgIpc) is 3.18. The molecule has 5 nitrogen and oxygen atoms in total. The third kappa shape index (κ3) is 3.43. The molecule has 1 unspecified atom stereocenters. The maximum atomic E-state index is 5.70. The minimum atomic E-state index is 0.288. The van der Waals surface area contributed by atoms with Crippen molar-refractivity contribution in [2.24, 2.45) is 24.3 Å². The molecule has 0 bridgehead atoms. The summed E-state index contributed by atoms with van der Waals surface area (Å²) in [6.45, 7) is 10.8. The van der Waals surface area contributed by atoms with Crippen molar-refractivity contribution >= 4 is 0 Å². The molecule has 0 spiro atoms. The molecule has 1 aromatic heterocycles. The van der Waals surface area contributed by atoms with Crippen molar-refractivity contribution in [1.29, 1.82) is 0 Å². The monoisotopic (exact) mass is 368 g/mol. The van der Waals surface area contributed by atoms with E-state index in [0.29, 0.717) is 17.8 Å². The summed E-state index contributed by atoms with van der Waals surface area (Å²) >= 11 is 0. The highest BCUT2D eigenvalue weighted by molar-refractivity contribution is 5.67. The van der Waals surface area contributed by atoms with Gasteiger partial charge in [-0.3, -0.25) is 0 Å². The van der Waals surface area contributed by atoms with E-state index >= 15 is 0 Å². The molecule has 2 fully saturated rings. The second-order valence-corrected chi connectivity index (χ2v) is 8.94. The molecule has 5 heteroatoms. The highest BCUT2D eigenvalue weighted by atomic mass is 16.5. The number of benzene rings is 1. The SMILES string of the molecule is Cc1nnn(C)c1-c1ccccc1C(C1CCOCC1)[C@@H]1CNCC1(C)C. The molecule has 1 N–H and O–H groups in total.